The highest BCUT2D eigenvalue weighted by atomic mass is 16.2. The van der Waals surface area contributed by atoms with Gasteiger partial charge in [-0.05, 0) is 19.8 Å². The Morgan fingerprint density at radius 3 is 2.26 bits per heavy atom. The molecule has 11 nitrogen and oxygen atoms in total. The summed E-state index contributed by atoms with van der Waals surface area (Å²) in [7, 11) is 0. The first-order valence-electron chi connectivity index (χ1n) is 8.34. The van der Waals surface area contributed by atoms with E-state index < -0.39 is 35.7 Å². The SMILES string of the molecule is CC(=O)C(CCCNC(N)=O)NC(=O)CNC(=O)CCN1C(=O)C=CC1=O. The van der Waals surface area contributed by atoms with E-state index in [2.05, 4.69) is 16.0 Å². The minimum atomic E-state index is -0.741. The number of hydrogen-bond donors (Lipinski definition) is 4. The molecule has 0 bridgehead atoms. The molecule has 5 N–H and O–H groups in total. The van der Waals surface area contributed by atoms with Crippen LogP contribution in [0.5, 0.6) is 0 Å². The molecule has 0 aromatic carbocycles. The number of carbonyl (C=O) groups is 6. The zero-order chi connectivity index (χ0) is 20.4. The molecule has 0 saturated carbocycles. The van der Waals surface area contributed by atoms with E-state index in [1.54, 1.807) is 0 Å². The topological polar surface area (TPSA) is 168 Å². The van der Waals surface area contributed by atoms with E-state index in [-0.39, 0.29) is 31.8 Å². The Morgan fingerprint density at radius 2 is 1.70 bits per heavy atom. The molecule has 1 aliphatic heterocycles. The molecule has 11 heteroatoms. The second-order valence-electron chi connectivity index (χ2n) is 5.85. The number of amides is 6. The molecule has 6 amide bonds. The van der Waals surface area contributed by atoms with Gasteiger partial charge < -0.3 is 21.7 Å². The van der Waals surface area contributed by atoms with Crippen LogP contribution in [0.15, 0.2) is 12.2 Å². The highest BCUT2D eigenvalue weighted by Crippen LogP contribution is 2.04. The van der Waals surface area contributed by atoms with Crippen molar-refractivity contribution in [2.75, 3.05) is 19.6 Å². The Morgan fingerprint density at radius 1 is 1.07 bits per heavy atom. The van der Waals surface area contributed by atoms with E-state index in [4.69, 9.17) is 5.73 Å². The number of primary amides is 1. The summed E-state index contributed by atoms with van der Waals surface area (Å²) in [5.41, 5.74) is 4.93. The van der Waals surface area contributed by atoms with Gasteiger partial charge in [0.2, 0.25) is 11.8 Å². The monoisotopic (exact) mass is 381 g/mol. The Hall–Kier alpha value is -3.24. The highest BCUT2D eigenvalue weighted by molar-refractivity contribution is 6.13. The van der Waals surface area contributed by atoms with Gasteiger partial charge in [-0.25, -0.2) is 4.79 Å². The van der Waals surface area contributed by atoms with Gasteiger partial charge >= 0.3 is 6.03 Å². The van der Waals surface area contributed by atoms with Gasteiger partial charge in [0.25, 0.3) is 11.8 Å². The van der Waals surface area contributed by atoms with Crippen LogP contribution in [0.3, 0.4) is 0 Å². The van der Waals surface area contributed by atoms with Crippen molar-refractivity contribution in [1.82, 2.24) is 20.9 Å². The summed E-state index contributed by atoms with van der Waals surface area (Å²) in [6.45, 7) is 1.17. The zero-order valence-corrected chi connectivity index (χ0v) is 14.9. The molecule has 1 aliphatic rings. The van der Waals surface area contributed by atoms with Crippen molar-refractivity contribution in [2.24, 2.45) is 5.73 Å². The van der Waals surface area contributed by atoms with Crippen LogP contribution in [-0.4, -0.2) is 66.0 Å². The van der Waals surface area contributed by atoms with Gasteiger partial charge in [-0.2, -0.15) is 0 Å². The van der Waals surface area contributed by atoms with Gasteiger partial charge in [0, 0.05) is 31.7 Å². The summed E-state index contributed by atoms with van der Waals surface area (Å²) in [4.78, 5) is 69.4. The van der Waals surface area contributed by atoms with Gasteiger partial charge in [-0.1, -0.05) is 0 Å². The van der Waals surface area contributed by atoms with Gasteiger partial charge in [-0.15, -0.1) is 0 Å². The van der Waals surface area contributed by atoms with E-state index in [0.717, 1.165) is 17.1 Å². The third-order valence-electron chi connectivity index (χ3n) is 3.70. The number of nitrogens with two attached hydrogens (primary N) is 1. The molecule has 1 rings (SSSR count). The number of carbonyl (C=O) groups excluding carboxylic acids is 6. The van der Waals surface area contributed by atoms with E-state index in [1.165, 1.54) is 6.92 Å². The van der Waals surface area contributed by atoms with Crippen LogP contribution in [0.25, 0.3) is 0 Å². The third kappa shape index (κ3) is 8.12. The molecule has 0 radical (unpaired) electrons. The van der Waals surface area contributed by atoms with E-state index in [9.17, 15) is 28.8 Å². The van der Waals surface area contributed by atoms with Crippen LogP contribution >= 0.6 is 0 Å². The Balaban J connectivity index is 2.29. The van der Waals surface area contributed by atoms with Gasteiger partial charge in [0.1, 0.15) is 0 Å². The molecular formula is C16H23N5O6. The Kier molecular flexibility index (Phi) is 8.63. The summed E-state index contributed by atoms with van der Waals surface area (Å²) in [5.74, 6) is -2.29. The fourth-order valence-electron chi connectivity index (χ4n) is 2.27. The lowest BCUT2D eigenvalue weighted by Gasteiger charge is -2.16. The zero-order valence-electron chi connectivity index (χ0n) is 14.9. The second-order valence-corrected chi connectivity index (χ2v) is 5.85. The lowest BCUT2D eigenvalue weighted by molar-refractivity contribution is -0.137. The number of ketones is 1. The van der Waals surface area contributed by atoms with Crippen LogP contribution < -0.4 is 21.7 Å². The minimum absolute atomic E-state index is 0.0823. The maximum Gasteiger partial charge on any atom is 0.312 e. The number of rotatable bonds is 11. The number of urea groups is 1. The molecule has 0 spiro atoms. The largest absolute Gasteiger partial charge is 0.352 e. The average Bonchev–Trinajstić information content (AvgIpc) is 2.91. The predicted octanol–water partition coefficient (Wildman–Crippen LogP) is -2.06. The van der Waals surface area contributed by atoms with Gasteiger partial charge in [0.05, 0.1) is 12.6 Å². The second kappa shape index (κ2) is 10.7. The maximum absolute atomic E-state index is 11.9. The van der Waals surface area contributed by atoms with Crippen molar-refractivity contribution in [2.45, 2.75) is 32.2 Å². The van der Waals surface area contributed by atoms with Crippen LogP contribution in [0, 0.1) is 0 Å². The van der Waals surface area contributed by atoms with Crippen molar-refractivity contribution < 1.29 is 28.8 Å². The van der Waals surface area contributed by atoms with Crippen molar-refractivity contribution in [3.63, 3.8) is 0 Å². The minimum Gasteiger partial charge on any atom is -0.352 e. The highest BCUT2D eigenvalue weighted by Gasteiger charge is 2.23. The fourth-order valence-corrected chi connectivity index (χ4v) is 2.27. The molecule has 1 unspecified atom stereocenters. The lowest BCUT2D eigenvalue weighted by atomic mass is 10.1. The molecular weight excluding hydrogens is 358 g/mol. The lowest BCUT2D eigenvalue weighted by Crippen LogP contribution is -2.45. The quantitative estimate of drug-likeness (QED) is 0.237. The number of Topliss-reactive ketones (excluding diaryl/α,β-unsaturated/α-hetero) is 1. The van der Waals surface area contributed by atoms with E-state index in [0.29, 0.717) is 12.8 Å². The van der Waals surface area contributed by atoms with Crippen molar-refractivity contribution in [3.8, 4) is 0 Å². The number of nitrogens with one attached hydrogen (secondary N) is 3. The van der Waals surface area contributed by atoms with Crippen LogP contribution in [0.2, 0.25) is 0 Å². The Bertz CT molecular complexity index is 642. The van der Waals surface area contributed by atoms with E-state index >= 15 is 0 Å². The molecule has 27 heavy (non-hydrogen) atoms. The van der Waals surface area contributed by atoms with Crippen LogP contribution in [0.1, 0.15) is 26.2 Å². The van der Waals surface area contributed by atoms with E-state index in [1.807, 2.05) is 0 Å². The maximum atomic E-state index is 11.9. The van der Waals surface area contributed by atoms with Crippen molar-refractivity contribution in [3.05, 3.63) is 12.2 Å². The first-order chi connectivity index (χ1) is 12.7. The number of nitrogens with zero attached hydrogens (tertiary/aromatic N) is 1. The summed E-state index contributed by atoms with van der Waals surface area (Å²) >= 11 is 0. The number of hydrogen-bond acceptors (Lipinski definition) is 6. The van der Waals surface area contributed by atoms with Crippen molar-refractivity contribution >= 4 is 35.4 Å². The standard InChI is InChI=1S/C16H23N5O6/c1-10(22)11(3-2-7-18-16(17)27)20-13(24)9-19-12(23)6-8-21-14(25)4-5-15(21)26/h4-5,11H,2-3,6-9H2,1H3,(H,19,23)(H,20,24)(H3,17,18,27). The average molecular weight is 381 g/mol. The molecule has 0 saturated heterocycles. The summed E-state index contributed by atoms with van der Waals surface area (Å²) < 4.78 is 0. The predicted molar refractivity (Wildman–Crippen MR) is 92.9 cm³/mol. The van der Waals surface area contributed by atoms with Gasteiger partial charge in [0.15, 0.2) is 5.78 Å². The van der Waals surface area contributed by atoms with Crippen LogP contribution in [0.4, 0.5) is 4.79 Å². The molecule has 0 aromatic heterocycles. The fraction of sp³-hybridized carbons (Fsp3) is 0.500. The first-order valence-corrected chi connectivity index (χ1v) is 8.34. The summed E-state index contributed by atoms with van der Waals surface area (Å²) in [6.07, 6.45) is 2.84. The smallest absolute Gasteiger partial charge is 0.312 e. The third-order valence-corrected chi connectivity index (χ3v) is 3.70. The first kappa shape index (κ1) is 21.8. The summed E-state index contributed by atoms with van der Waals surface area (Å²) in [5, 5.41) is 7.23. The molecule has 148 valence electrons. The molecule has 0 aliphatic carbocycles. The molecule has 0 aromatic rings. The number of imide groups is 1. The molecule has 1 atom stereocenters. The van der Waals surface area contributed by atoms with Crippen molar-refractivity contribution in [1.29, 1.82) is 0 Å². The summed E-state index contributed by atoms with van der Waals surface area (Å²) in [6, 6.07) is -1.41. The molecule has 1 heterocycles. The van der Waals surface area contributed by atoms with Gasteiger partial charge in [-0.3, -0.25) is 28.9 Å². The molecule has 0 fully saturated rings. The normalized spacial score (nSPS) is 14.0. The van der Waals surface area contributed by atoms with Crippen LogP contribution in [-0.2, 0) is 24.0 Å². The Labute approximate surface area is 155 Å².